The topological polar surface area (TPSA) is 4.93 Å². The van der Waals surface area contributed by atoms with Gasteiger partial charge < -0.3 is 4.57 Å². The summed E-state index contributed by atoms with van der Waals surface area (Å²) >= 11 is 0. The van der Waals surface area contributed by atoms with Crippen LogP contribution in [-0.4, -0.2) is 4.57 Å². The van der Waals surface area contributed by atoms with E-state index in [2.05, 4.69) is 94.1 Å². The molecule has 1 heterocycles. The van der Waals surface area contributed by atoms with Crippen LogP contribution in [0.2, 0.25) is 0 Å². The van der Waals surface area contributed by atoms with Crippen LogP contribution >= 0.6 is 24.8 Å². The van der Waals surface area contributed by atoms with Crippen molar-refractivity contribution in [3.05, 3.63) is 83.7 Å². The second-order valence-electron chi connectivity index (χ2n) is 7.02. The van der Waals surface area contributed by atoms with E-state index < -0.39 is 0 Å². The predicted octanol–water partition coefficient (Wildman–Crippen LogP) is 7.30. The quantitative estimate of drug-likeness (QED) is 0.279. The zero-order valence-electron chi connectivity index (χ0n) is 16.5. The third-order valence-electron chi connectivity index (χ3n) is 5.10. The Balaban J connectivity index is 0.000000473. The molecule has 0 saturated heterocycles. The summed E-state index contributed by atoms with van der Waals surface area (Å²) in [5.74, 6) is 0. The molecule has 3 aromatic rings. The van der Waals surface area contributed by atoms with Crippen molar-refractivity contribution in [1.29, 1.82) is 0 Å². The van der Waals surface area contributed by atoms with Gasteiger partial charge in [0.2, 0.25) is 0 Å². The SMILES string of the molecule is CC1=[C-]C(C)(C)C(C)=C1C.Cl.Cl.[Ti+2].c1ccc2c(c1)cc[c-]2-n1cccc1. The van der Waals surface area contributed by atoms with E-state index in [9.17, 15) is 0 Å². The first-order valence-corrected chi connectivity index (χ1v) is 8.48. The maximum atomic E-state index is 3.44. The van der Waals surface area contributed by atoms with E-state index in [1.165, 1.54) is 33.2 Å². The second-order valence-corrected chi connectivity index (χ2v) is 7.02. The number of aromatic nitrogens is 1. The molecular weight excluding hydrogens is 409 g/mol. The van der Waals surface area contributed by atoms with Crippen molar-refractivity contribution >= 4 is 35.6 Å². The van der Waals surface area contributed by atoms with Crippen molar-refractivity contribution < 1.29 is 21.7 Å². The summed E-state index contributed by atoms with van der Waals surface area (Å²) in [4.78, 5) is 0. The van der Waals surface area contributed by atoms with Crippen LogP contribution in [0.4, 0.5) is 0 Å². The fourth-order valence-corrected chi connectivity index (χ4v) is 3.26. The monoisotopic (exact) mass is 435 g/mol. The molecule has 4 heteroatoms. The van der Waals surface area contributed by atoms with Crippen LogP contribution in [0.5, 0.6) is 0 Å². The zero-order valence-corrected chi connectivity index (χ0v) is 19.7. The Morgan fingerprint density at radius 1 is 0.889 bits per heavy atom. The summed E-state index contributed by atoms with van der Waals surface area (Å²) in [6.07, 6.45) is 7.58. The maximum Gasteiger partial charge on any atom is 2.00 e. The van der Waals surface area contributed by atoms with Crippen LogP contribution in [0.3, 0.4) is 0 Å². The number of nitrogens with zero attached hydrogens (tertiary/aromatic N) is 1. The Kier molecular flexibility index (Phi) is 10.0. The van der Waals surface area contributed by atoms with E-state index in [1.54, 1.807) is 0 Å². The maximum absolute atomic E-state index is 3.44. The molecule has 0 unspecified atom stereocenters. The molecule has 0 atom stereocenters. The molecule has 1 nitrogen and oxygen atoms in total. The molecule has 1 aromatic heterocycles. The van der Waals surface area contributed by atoms with E-state index in [0.29, 0.717) is 0 Å². The molecule has 142 valence electrons. The summed E-state index contributed by atoms with van der Waals surface area (Å²) in [6.45, 7) is 10.9. The van der Waals surface area contributed by atoms with Gasteiger partial charge in [0.15, 0.2) is 0 Å². The van der Waals surface area contributed by atoms with E-state index in [0.717, 1.165) is 0 Å². The van der Waals surface area contributed by atoms with Crippen LogP contribution in [0.1, 0.15) is 34.6 Å². The molecule has 0 aliphatic heterocycles. The first-order valence-electron chi connectivity index (χ1n) is 8.48. The number of benzene rings is 1. The van der Waals surface area contributed by atoms with Gasteiger partial charge in [-0.05, 0) is 18.1 Å². The zero-order chi connectivity index (χ0) is 17.3. The van der Waals surface area contributed by atoms with Crippen molar-refractivity contribution in [3.63, 3.8) is 0 Å². The van der Waals surface area contributed by atoms with Gasteiger partial charge in [-0.2, -0.15) is 11.1 Å². The summed E-state index contributed by atoms with van der Waals surface area (Å²) < 4.78 is 2.14. The molecule has 27 heavy (non-hydrogen) atoms. The number of halogens is 2. The van der Waals surface area contributed by atoms with E-state index in [1.807, 2.05) is 12.1 Å². The number of hydrogen-bond donors (Lipinski definition) is 0. The normalized spacial score (nSPS) is 14.3. The first kappa shape index (κ1) is 25.9. The van der Waals surface area contributed by atoms with Gasteiger partial charge in [0.1, 0.15) is 0 Å². The van der Waals surface area contributed by atoms with Gasteiger partial charge in [-0.25, -0.2) is 5.57 Å². The summed E-state index contributed by atoms with van der Waals surface area (Å²) in [7, 11) is 0. The molecule has 0 radical (unpaired) electrons. The van der Waals surface area contributed by atoms with Gasteiger partial charge in [0.25, 0.3) is 0 Å². The largest absolute Gasteiger partial charge is 2.00 e. The van der Waals surface area contributed by atoms with Crippen LogP contribution in [0, 0.1) is 11.5 Å². The van der Waals surface area contributed by atoms with Crippen molar-refractivity contribution in [2.75, 3.05) is 0 Å². The minimum atomic E-state index is 0. The van der Waals surface area contributed by atoms with Crippen molar-refractivity contribution in [2.24, 2.45) is 5.41 Å². The van der Waals surface area contributed by atoms with Crippen molar-refractivity contribution in [1.82, 2.24) is 4.57 Å². The molecule has 2 aromatic carbocycles. The van der Waals surface area contributed by atoms with Crippen LogP contribution < -0.4 is 0 Å². The average Bonchev–Trinajstić information content (AvgIpc) is 3.25. The molecule has 0 N–H and O–H groups in total. The van der Waals surface area contributed by atoms with Crippen LogP contribution in [0.15, 0.2) is 77.6 Å². The van der Waals surface area contributed by atoms with Gasteiger partial charge >= 0.3 is 21.7 Å². The Morgan fingerprint density at radius 3 is 1.96 bits per heavy atom. The Morgan fingerprint density at radius 2 is 1.48 bits per heavy atom. The van der Waals surface area contributed by atoms with Gasteiger partial charge in [-0.3, -0.25) is 6.08 Å². The third kappa shape index (κ3) is 5.45. The third-order valence-corrected chi connectivity index (χ3v) is 5.10. The van der Waals surface area contributed by atoms with E-state index >= 15 is 0 Å². The smallest absolute Gasteiger partial charge is 0.403 e. The molecule has 0 fully saturated rings. The Bertz CT molecular complexity index is 915. The van der Waals surface area contributed by atoms with Crippen LogP contribution in [0.25, 0.3) is 16.5 Å². The van der Waals surface area contributed by atoms with Gasteiger partial charge in [-0.15, -0.1) is 43.9 Å². The van der Waals surface area contributed by atoms with Gasteiger partial charge in [0.05, 0.1) is 0 Å². The number of allylic oxidation sites excluding steroid dienone is 4. The Labute approximate surface area is 190 Å². The summed E-state index contributed by atoms with van der Waals surface area (Å²) in [5, 5.41) is 2.61. The molecule has 1 aliphatic rings. The molecule has 0 bridgehead atoms. The molecule has 0 amide bonds. The summed E-state index contributed by atoms with van der Waals surface area (Å²) in [6, 6.07) is 16.9. The Hall–Kier alpha value is -1.12. The van der Waals surface area contributed by atoms with Crippen LogP contribution in [-0.2, 0) is 21.7 Å². The minimum absolute atomic E-state index is 0. The summed E-state index contributed by atoms with van der Waals surface area (Å²) in [5.41, 5.74) is 5.65. The minimum Gasteiger partial charge on any atom is -0.403 e. The second kappa shape index (κ2) is 10.4. The van der Waals surface area contributed by atoms with Gasteiger partial charge in [0, 0.05) is 0 Å². The fourth-order valence-electron chi connectivity index (χ4n) is 3.26. The number of rotatable bonds is 1. The number of hydrogen-bond acceptors (Lipinski definition) is 0. The molecule has 0 saturated carbocycles. The predicted molar refractivity (Wildman–Crippen MR) is 118 cm³/mol. The first-order chi connectivity index (χ1) is 11.4. The fraction of sp³-hybridized carbons (Fsp3) is 0.261. The van der Waals surface area contributed by atoms with Crippen molar-refractivity contribution in [3.8, 4) is 5.69 Å². The molecule has 1 aliphatic carbocycles. The molecular formula is C23H27Cl2NTi. The number of fused-ring (bicyclic) bond motifs is 1. The van der Waals surface area contributed by atoms with Gasteiger partial charge in [-0.1, -0.05) is 80.3 Å². The van der Waals surface area contributed by atoms with E-state index in [4.69, 9.17) is 0 Å². The molecule has 4 rings (SSSR count). The molecule has 0 spiro atoms. The van der Waals surface area contributed by atoms with E-state index in [-0.39, 0.29) is 51.9 Å². The van der Waals surface area contributed by atoms with Crippen molar-refractivity contribution in [2.45, 2.75) is 34.6 Å². The standard InChI is InChI=1S/C13H10N.C10H15.2ClH.Ti/c1-2-6-12-11(5-1)7-8-13(12)14-9-3-4-10-14;1-7-6-10(4,5)9(3)8(7)2;;;/h1-10H;1-5H3;2*1H;/q2*-1;;;+2. The average molecular weight is 436 g/mol.